The summed E-state index contributed by atoms with van der Waals surface area (Å²) in [4.78, 5) is 21.1. The highest BCUT2D eigenvalue weighted by molar-refractivity contribution is 5.77. The van der Waals surface area contributed by atoms with E-state index in [0.717, 1.165) is 18.2 Å². The summed E-state index contributed by atoms with van der Waals surface area (Å²) in [6.45, 7) is 1.76. The van der Waals surface area contributed by atoms with Gasteiger partial charge in [0.1, 0.15) is 5.82 Å². The number of carbonyl (C=O) groups is 1. The standard InChI is InChI=1S/C11H12FNO4/c1-2-3-8(11(14)15)9-6-7(12)4-5-10(9)13(16)17/h4-6,8H,2-3H2,1H3,(H,14,15). The van der Waals surface area contributed by atoms with E-state index in [1.54, 1.807) is 6.92 Å². The molecule has 6 heteroatoms. The van der Waals surface area contributed by atoms with E-state index in [1.807, 2.05) is 0 Å². The molecule has 17 heavy (non-hydrogen) atoms. The Bertz CT molecular complexity index is 447. The Labute approximate surface area is 97.0 Å². The smallest absolute Gasteiger partial charge is 0.311 e. The van der Waals surface area contributed by atoms with Crippen LogP contribution in [0.3, 0.4) is 0 Å². The second kappa shape index (κ2) is 5.38. The number of nitro benzene ring substituents is 1. The molecule has 1 atom stereocenters. The Morgan fingerprint density at radius 3 is 2.71 bits per heavy atom. The van der Waals surface area contributed by atoms with E-state index in [4.69, 9.17) is 5.11 Å². The first-order valence-corrected chi connectivity index (χ1v) is 5.14. The fourth-order valence-corrected chi connectivity index (χ4v) is 1.67. The SMILES string of the molecule is CCCC(C(=O)O)c1cc(F)ccc1[N+](=O)[O-]. The maximum atomic E-state index is 13.1. The molecule has 0 saturated heterocycles. The summed E-state index contributed by atoms with van der Waals surface area (Å²) in [5.41, 5.74) is -0.434. The van der Waals surface area contributed by atoms with Gasteiger partial charge in [-0.25, -0.2) is 4.39 Å². The van der Waals surface area contributed by atoms with Gasteiger partial charge < -0.3 is 5.11 Å². The van der Waals surface area contributed by atoms with E-state index in [2.05, 4.69) is 0 Å². The molecule has 1 aromatic rings. The third kappa shape index (κ3) is 2.99. The average molecular weight is 241 g/mol. The van der Waals surface area contributed by atoms with Crippen molar-refractivity contribution in [2.45, 2.75) is 25.7 Å². The van der Waals surface area contributed by atoms with Crippen LogP contribution in [0.25, 0.3) is 0 Å². The summed E-state index contributed by atoms with van der Waals surface area (Å²) in [6.07, 6.45) is 0.782. The number of nitrogens with zero attached hydrogens (tertiary/aromatic N) is 1. The number of benzene rings is 1. The van der Waals surface area contributed by atoms with Crippen LogP contribution in [-0.2, 0) is 4.79 Å². The summed E-state index contributed by atoms with van der Waals surface area (Å²) >= 11 is 0. The van der Waals surface area contributed by atoms with Gasteiger partial charge in [0.05, 0.1) is 10.8 Å². The minimum Gasteiger partial charge on any atom is -0.481 e. The third-order valence-electron chi connectivity index (χ3n) is 2.44. The second-order valence-corrected chi connectivity index (χ2v) is 3.64. The second-order valence-electron chi connectivity index (χ2n) is 3.64. The Hall–Kier alpha value is -1.98. The first-order chi connectivity index (χ1) is 7.97. The molecular formula is C11H12FNO4. The van der Waals surface area contributed by atoms with Crippen molar-refractivity contribution < 1.29 is 19.2 Å². The quantitative estimate of drug-likeness (QED) is 0.634. The van der Waals surface area contributed by atoms with Crippen LogP contribution < -0.4 is 0 Å². The Balaban J connectivity index is 3.29. The van der Waals surface area contributed by atoms with Crippen molar-refractivity contribution in [2.75, 3.05) is 0 Å². The molecule has 1 unspecified atom stereocenters. The molecule has 0 heterocycles. The molecule has 0 bridgehead atoms. The van der Waals surface area contributed by atoms with Gasteiger partial charge in [0.2, 0.25) is 0 Å². The summed E-state index contributed by atoms with van der Waals surface area (Å²) in [5, 5.41) is 19.8. The molecular weight excluding hydrogens is 229 g/mol. The largest absolute Gasteiger partial charge is 0.481 e. The number of halogens is 1. The van der Waals surface area contributed by atoms with E-state index >= 15 is 0 Å². The number of nitro groups is 1. The Morgan fingerprint density at radius 1 is 1.59 bits per heavy atom. The van der Waals surface area contributed by atoms with Gasteiger partial charge >= 0.3 is 5.97 Å². The van der Waals surface area contributed by atoms with E-state index in [9.17, 15) is 19.3 Å². The highest BCUT2D eigenvalue weighted by atomic mass is 19.1. The zero-order chi connectivity index (χ0) is 13.0. The highest BCUT2D eigenvalue weighted by Crippen LogP contribution is 2.30. The zero-order valence-electron chi connectivity index (χ0n) is 9.22. The minimum atomic E-state index is -1.18. The van der Waals surface area contributed by atoms with Gasteiger partial charge in [0.25, 0.3) is 5.69 Å². The molecule has 0 saturated carbocycles. The molecule has 5 nitrogen and oxygen atoms in total. The van der Waals surface area contributed by atoms with E-state index < -0.39 is 22.6 Å². The van der Waals surface area contributed by atoms with Crippen molar-refractivity contribution in [3.05, 3.63) is 39.7 Å². The van der Waals surface area contributed by atoms with Gasteiger partial charge in [0, 0.05) is 11.6 Å². The molecule has 1 N–H and O–H groups in total. The van der Waals surface area contributed by atoms with Gasteiger partial charge in [-0.1, -0.05) is 13.3 Å². The molecule has 0 aromatic heterocycles. The highest BCUT2D eigenvalue weighted by Gasteiger charge is 2.27. The predicted octanol–water partition coefficient (Wildman–Crippen LogP) is 2.70. The van der Waals surface area contributed by atoms with Gasteiger partial charge in [-0.3, -0.25) is 14.9 Å². The van der Waals surface area contributed by atoms with Crippen molar-refractivity contribution >= 4 is 11.7 Å². The maximum absolute atomic E-state index is 13.1. The molecule has 0 radical (unpaired) electrons. The normalized spacial score (nSPS) is 12.1. The molecule has 1 rings (SSSR count). The Kier molecular flexibility index (Phi) is 4.14. The van der Waals surface area contributed by atoms with Gasteiger partial charge in [-0.2, -0.15) is 0 Å². The summed E-state index contributed by atoms with van der Waals surface area (Å²) in [6, 6.07) is 2.87. The molecule has 0 aliphatic heterocycles. The number of hydrogen-bond acceptors (Lipinski definition) is 3. The van der Waals surface area contributed by atoms with Crippen LogP contribution >= 0.6 is 0 Å². The van der Waals surface area contributed by atoms with Crippen LogP contribution in [0.5, 0.6) is 0 Å². The average Bonchev–Trinajstić information content (AvgIpc) is 2.24. The monoisotopic (exact) mass is 241 g/mol. The van der Waals surface area contributed by atoms with E-state index in [-0.39, 0.29) is 17.7 Å². The number of aliphatic carboxylic acids is 1. The number of carboxylic acid groups (broad SMARTS) is 1. The summed E-state index contributed by atoms with van der Waals surface area (Å²) in [7, 11) is 0. The maximum Gasteiger partial charge on any atom is 0.311 e. The van der Waals surface area contributed by atoms with Crippen LogP contribution in [0.4, 0.5) is 10.1 Å². The van der Waals surface area contributed by atoms with Crippen molar-refractivity contribution in [1.29, 1.82) is 0 Å². The first kappa shape index (κ1) is 13.1. The molecule has 0 aliphatic rings. The Morgan fingerprint density at radius 2 is 2.24 bits per heavy atom. The van der Waals surface area contributed by atoms with Crippen molar-refractivity contribution in [2.24, 2.45) is 0 Å². The number of carboxylic acids is 1. The lowest BCUT2D eigenvalue weighted by Gasteiger charge is -2.11. The minimum absolute atomic E-state index is 0.0793. The molecule has 1 aromatic carbocycles. The molecule has 92 valence electrons. The van der Waals surface area contributed by atoms with Crippen LogP contribution in [0.15, 0.2) is 18.2 Å². The summed E-state index contributed by atoms with van der Waals surface area (Å²) < 4.78 is 13.1. The van der Waals surface area contributed by atoms with Crippen LogP contribution in [0.1, 0.15) is 31.2 Å². The van der Waals surface area contributed by atoms with Gasteiger partial charge in [-0.15, -0.1) is 0 Å². The fourth-order valence-electron chi connectivity index (χ4n) is 1.67. The van der Waals surface area contributed by atoms with Gasteiger partial charge in [-0.05, 0) is 18.6 Å². The lowest BCUT2D eigenvalue weighted by atomic mass is 9.93. The molecule has 0 aliphatic carbocycles. The number of rotatable bonds is 5. The lowest BCUT2D eigenvalue weighted by molar-refractivity contribution is -0.385. The van der Waals surface area contributed by atoms with E-state index in [0.29, 0.717) is 6.42 Å². The molecule has 0 amide bonds. The van der Waals surface area contributed by atoms with Crippen molar-refractivity contribution in [3.8, 4) is 0 Å². The molecule has 0 spiro atoms. The topological polar surface area (TPSA) is 80.4 Å². The lowest BCUT2D eigenvalue weighted by Crippen LogP contribution is -2.13. The van der Waals surface area contributed by atoms with Gasteiger partial charge in [0.15, 0.2) is 0 Å². The summed E-state index contributed by atoms with van der Waals surface area (Å²) in [5.74, 6) is -2.90. The van der Waals surface area contributed by atoms with Crippen LogP contribution in [-0.4, -0.2) is 16.0 Å². The molecule has 0 fully saturated rings. The van der Waals surface area contributed by atoms with Crippen molar-refractivity contribution in [3.63, 3.8) is 0 Å². The fraction of sp³-hybridized carbons (Fsp3) is 0.364. The predicted molar refractivity (Wildman–Crippen MR) is 58.3 cm³/mol. The zero-order valence-corrected chi connectivity index (χ0v) is 9.22. The number of hydrogen-bond donors (Lipinski definition) is 1. The first-order valence-electron chi connectivity index (χ1n) is 5.14. The van der Waals surface area contributed by atoms with Crippen LogP contribution in [0.2, 0.25) is 0 Å². The third-order valence-corrected chi connectivity index (χ3v) is 2.44. The van der Waals surface area contributed by atoms with Crippen LogP contribution in [0, 0.1) is 15.9 Å². The van der Waals surface area contributed by atoms with E-state index in [1.165, 1.54) is 0 Å². The van der Waals surface area contributed by atoms with Crippen molar-refractivity contribution in [1.82, 2.24) is 0 Å².